The van der Waals surface area contributed by atoms with Crippen LogP contribution in [0.3, 0.4) is 0 Å². The van der Waals surface area contributed by atoms with Crippen molar-refractivity contribution in [2.75, 3.05) is 45.0 Å². The van der Waals surface area contributed by atoms with Crippen molar-refractivity contribution < 1.29 is 28.7 Å². The highest BCUT2D eigenvalue weighted by atomic mass is 31.2. The molecule has 162 valence electrons. The third-order valence-electron chi connectivity index (χ3n) is 4.86. The Kier molecular flexibility index (Phi) is 6.71. The SMILES string of the molecule is O=c1[nH]cnc2c1ncn2CC1CN(CCP(=O)([O-])[O-])CCN1CCP(=O)([O-])[O-]. The minimum absolute atomic E-state index is 0.0328. The Labute approximate surface area is 165 Å². The van der Waals surface area contributed by atoms with Crippen LogP contribution in [-0.4, -0.2) is 80.4 Å². The topological polar surface area (TPSA) is 196 Å². The van der Waals surface area contributed by atoms with Gasteiger partial charge in [0.15, 0.2) is 11.2 Å². The number of aromatic nitrogens is 4. The monoisotopic (exact) mass is 446 g/mol. The second-order valence-electron chi connectivity index (χ2n) is 6.96. The number of fused-ring (bicyclic) bond motifs is 1. The molecule has 29 heavy (non-hydrogen) atoms. The van der Waals surface area contributed by atoms with Gasteiger partial charge in [0.2, 0.25) is 0 Å². The predicted molar refractivity (Wildman–Crippen MR) is 94.9 cm³/mol. The van der Waals surface area contributed by atoms with Gasteiger partial charge in [0.05, 0.1) is 12.7 Å². The van der Waals surface area contributed by atoms with Crippen LogP contribution in [-0.2, 0) is 15.7 Å². The van der Waals surface area contributed by atoms with Crippen molar-refractivity contribution in [2.24, 2.45) is 0 Å². The summed E-state index contributed by atoms with van der Waals surface area (Å²) in [6.45, 7) is 1.57. The molecule has 15 heteroatoms. The van der Waals surface area contributed by atoms with Crippen molar-refractivity contribution in [3.8, 4) is 0 Å². The largest absolute Gasteiger partial charge is 0.811 e. The number of hydrogen-bond donors (Lipinski definition) is 1. The molecule has 1 fully saturated rings. The number of hydrogen-bond acceptors (Lipinski definition) is 11. The lowest BCUT2D eigenvalue weighted by Gasteiger charge is -2.44. The van der Waals surface area contributed by atoms with Crippen molar-refractivity contribution in [1.29, 1.82) is 0 Å². The van der Waals surface area contributed by atoms with Gasteiger partial charge < -0.3 is 43.2 Å². The Morgan fingerprint density at radius 2 is 1.76 bits per heavy atom. The van der Waals surface area contributed by atoms with Crippen LogP contribution < -0.4 is 25.1 Å². The Hall–Kier alpha value is -1.43. The van der Waals surface area contributed by atoms with Gasteiger partial charge in [-0.05, 0) is 12.3 Å². The maximum absolute atomic E-state index is 11.8. The minimum Gasteiger partial charge on any atom is -0.811 e. The van der Waals surface area contributed by atoms with Crippen LogP contribution in [0.15, 0.2) is 17.4 Å². The average Bonchev–Trinajstić information content (AvgIpc) is 3.02. The summed E-state index contributed by atoms with van der Waals surface area (Å²) in [5.74, 6) is 0. The fraction of sp³-hybridized carbons (Fsp3) is 0.643. The quantitative estimate of drug-likeness (QED) is 0.387. The highest BCUT2D eigenvalue weighted by Gasteiger charge is 2.27. The first-order valence-electron chi connectivity index (χ1n) is 8.89. The van der Waals surface area contributed by atoms with Crippen molar-refractivity contribution in [2.45, 2.75) is 12.6 Å². The van der Waals surface area contributed by atoms with Crippen molar-refractivity contribution in [3.05, 3.63) is 23.0 Å². The molecule has 1 saturated heterocycles. The molecule has 1 aliphatic rings. The summed E-state index contributed by atoms with van der Waals surface area (Å²) in [4.78, 5) is 70.0. The molecule has 0 aliphatic carbocycles. The van der Waals surface area contributed by atoms with Gasteiger partial charge in [-0.15, -0.1) is 0 Å². The first kappa shape index (κ1) is 22.3. The number of H-pyrrole nitrogens is 1. The van der Waals surface area contributed by atoms with Gasteiger partial charge in [-0.2, -0.15) is 0 Å². The second kappa shape index (κ2) is 8.75. The summed E-state index contributed by atoms with van der Waals surface area (Å²) in [5.41, 5.74) is 0.123. The summed E-state index contributed by atoms with van der Waals surface area (Å²) < 4.78 is 23.7. The number of rotatable bonds is 8. The lowest BCUT2D eigenvalue weighted by Crippen LogP contribution is -2.56. The van der Waals surface area contributed by atoms with E-state index in [9.17, 15) is 33.5 Å². The lowest BCUT2D eigenvalue weighted by molar-refractivity contribution is -0.315. The molecule has 2 aromatic heterocycles. The molecule has 1 aliphatic heterocycles. The van der Waals surface area contributed by atoms with Gasteiger partial charge in [-0.3, -0.25) is 9.69 Å². The first-order valence-corrected chi connectivity index (χ1v) is 12.3. The van der Waals surface area contributed by atoms with Crippen LogP contribution in [0.5, 0.6) is 0 Å². The van der Waals surface area contributed by atoms with E-state index < -0.39 is 33.1 Å². The van der Waals surface area contributed by atoms with E-state index in [0.29, 0.717) is 25.3 Å². The van der Waals surface area contributed by atoms with Crippen LogP contribution in [0.25, 0.3) is 11.2 Å². The average molecular weight is 446 g/mol. The molecular weight excluding hydrogens is 426 g/mol. The summed E-state index contributed by atoms with van der Waals surface area (Å²) in [7, 11) is -9.31. The van der Waals surface area contributed by atoms with Crippen LogP contribution >= 0.6 is 15.2 Å². The molecule has 2 aromatic rings. The molecule has 1 N–H and O–H groups in total. The van der Waals surface area contributed by atoms with Crippen LogP contribution in [0.1, 0.15) is 0 Å². The van der Waals surface area contributed by atoms with Gasteiger partial charge in [0.25, 0.3) is 5.56 Å². The molecule has 0 spiro atoms. The number of nitrogens with one attached hydrogen (secondary N) is 1. The van der Waals surface area contributed by atoms with Crippen LogP contribution in [0, 0.1) is 0 Å². The van der Waals surface area contributed by atoms with E-state index in [2.05, 4.69) is 15.0 Å². The maximum Gasteiger partial charge on any atom is 0.278 e. The second-order valence-corrected chi connectivity index (χ2v) is 10.3. The number of imidazole rings is 1. The third kappa shape index (κ3) is 6.27. The van der Waals surface area contributed by atoms with E-state index >= 15 is 0 Å². The normalized spacial score (nSPS) is 19.8. The van der Waals surface area contributed by atoms with E-state index in [-0.39, 0.29) is 31.2 Å². The zero-order chi connectivity index (χ0) is 21.2. The molecule has 1 unspecified atom stereocenters. The Morgan fingerprint density at radius 3 is 2.45 bits per heavy atom. The lowest BCUT2D eigenvalue weighted by atomic mass is 10.1. The predicted octanol–water partition coefficient (Wildman–Crippen LogP) is -4.07. The summed E-state index contributed by atoms with van der Waals surface area (Å²) in [6, 6.07) is -0.300. The molecule has 0 bridgehead atoms. The Balaban J connectivity index is 1.77. The van der Waals surface area contributed by atoms with Crippen molar-refractivity contribution in [3.63, 3.8) is 0 Å². The van der Waals surface area contributed by atoms with Crippen LogP contribution in [0.2, 0.25) is 0 Å². The molecule has 0 saturated carbocycles. The van der Waals surface area contributed by atoms with Gasteiger partial charge >= 0.3 is 0 Å². The number of aromatic amines is 1. The number of nitrogens with zero attached hydrogens (tertiary/aromatic N) is 5. The molecule has 0 radical (unpaired) electrons. The van der Waals surface area contributed by atoms with Gasteiger partial charge in [-0.25, -0.2) is 9.97 Å². The zero-order valence-corrected chi connectivity index (χ0v) is 17.2. The highest BCUT2D eigenvalue weighted by molar-refractivity contribution is 7.49. The van der Waals surface area contributed by atoms with E-state index in [0.717, 1.165) is 0 Å². The summed E-state index contributed by atoms with van der Waals surface area (Å²) in [5, 5.41) is 0. The molecule has 3 heterocycles. The minimum atomic E-state index is -4.68. The standard InChI is InChI=1S/C14H24N6O7P2/c21-14-12-13(15-9-16-14)20(10-17-12)8-11-7-18(3-5-28(22,23)24)1-2-19(11)4-6-29(25,26)27/h9-11H,1-8H2,(H,15,16,21)(H2,22,23,24)(H2,25,26,27)/p-4. The molecule has 0 amide bonds. The summed E-state index contributed by atoms with van der Waals surface area (Å²) in [6.07, 6.45) is 1.67. The van der Waals surface area contributed by atoms with Gasteiger partial charge in [-0.1, -0.05) is 15.2 Å². The third-order valence-corrected chi connectivity index (χ3v) is 6.35. The zero-order valence-electron chi connectivity index (χ0n) is 15.4. The van der Waals surface area contributed by atoms with Gasteiger partial charge in [0, 0.05) is 45.3 Å². The van der Waals surface area contributed by atoms with E-state index in [1.54, 1.807) is 9.47 Å². The van der Waals surface area contributed by atoms with E-state index in [4.69, 9.17) is 0 Å². The van der Waals surface area contributed by atoms with Crippen LogP contribution in [0.4, 0.5) is 0 Å². The molecule has 13 nitrogen and oxygen atoms in total. The maximum atomic E-state index is 11.8. The first-order chi connectivity index (χ1) is 13.5. The van der Waals surface area contributed by atoms with Gasteiger partial charge in [0.1, 0.15) is 0 Å². The Morgan fingerprint density at radius 1 is 1.07 bits per heavy atom. The van der Waals surface area contributed by atoms with Crippen molar-refractivity contribution >= 4 is 26.4 Å². The van der Waals surface area contributed by atoms with Crippen molar-refractivity contribution in [1.82, 2.24) is 29.3 Å². The molecule has 1 atom stereocenters. The van der Waals surface area contributed by atoms with E-state index in [1.807, 2.05) is 4.90 Å². The number of piperazine rings is 1. The summed E-state index contributed by atoms with van der Waals surface area (Å²) >= 11 is 0. The molecular formula is C14H20N6O7P2-4. The van der Waals surface area contributed by atoms with E-state index in [1.165, 1.54) is 12.7 Å². The molecule has 3 rings (SSSR count). The fourth-order valence-electron chi connectivity index (χ4n) is 3.40. The Bertz CT molecular complexity index is 998. The molecule has 0 aromatic carbocycles. The smallest absolute Gasteiger partial charge is 0.278 e. The highest BCUT2D eigenvalue weighted by Crippen LogP contribution is 2.25. The fourth-order valence-corrected chi connectivity index (χ4v) is 4.42.